The Bertz CT molecular complexity index is 718. The Hall–Kier alpha value is -2.57. The highest BCUT2D eigenvalue weighted by molar-refractivity contribution is 5.96. The Kier molecular flexibility index (Phi) is 5.44. The number of carboxylic acid groups (broad SMARTS) is 1. The number of fused-ring (bicyclic) bond motifs is 1. The molecule has 7 heteroatoms. The molecule has 0 unspecified atom stereocenters. The lowest BCUT2D eigenvalue weighted by molar-refractivity contribution is -0.147. The van der Waals surface area contributed by atoms with Crippen LogP contribution < -0.4 is 10.2 Å². The first kappa shape index (κ1) is 18.2. The van der Waals surface area contributed by atoms with Crippen molar-refractivity contribution in [1.29, 1.82) is 0 Å². The van der Waals surface area contributed by atoms with Crippen LogP contribution in [0.1, 0.15) is 37.7 Å². The van der Waals surface area contributed by atoms with Gasteiger partial charge in [-0.15, -0.1) is 0 Å². The highest BCUT2D eigenvalue weighted by Crippen LogP contribution is 2.33. The van der Waals surface area contributed by atoms with Crippen molar-refractivity contribution >= 4 is 29.3 Å². The third kappa shape index (κ3) is 3.66. The molecule has 1 aliphatic carbocycles. The highest BCUT2D eigenvalue weighted by atomic mass is 16.5. The number of aryl methyl sites for hydroxylation is 1. The second-order valence-corrected chi connectivity index (χ2v) is 6.89. The fourth-order valence-electron chi connectivity index (χ4n) is 3.95. The SMILES string of the molecule is COC(=O)N1CCCc2cc(NC(=O)[C@H]3CCCC[C@H]3C(=O)O)ccc21. The molecule has 7 nitrogen and oxygen atoms in total. The van der Waals surface area contributed by atoms with Gasteiger partial charge in [0.25, 0.3) is 0 Å². The van der Waals surface area contributed by atoms with Gasteiger partial charge in [0.2, 0.25) is 5.91 Å². The number of carbonyl (C=O) groups excluding carboxylic acids is 2. The van der Waals surface area contributed by atoms with Gasteiger partial charge in [-0.2, -0.15) is 0 Å². The van der Waals surface area contributed by atoms with Crippen LogP contribution in [0.15, 0.2) is 18.2 Å². The quantitative estimate of drug-likeness (QED) is 0.864. The molecular formula is C19H24N2O5. The average Bonchev–Trinajstić information content (AvgIpc) is 2.66. The van der Waals surface area contributed by atoms with E-state index >= 15 is 0 Å². The van der Waals surface area contributed by atoms with Gasteiger partial charge in [-0.1, -0.05) is 12.8 Å². The van der Waals surface area contributed by atoms with E-state index in [1.807, 2.05) is 6.07 Å². The summed E-state index contributed by atoms with van der Waals surface area (Å²) in [6.07, 6.45) is 4.12. The van der Waals surface area contributed by atoms with E-state index in [1.165, 1.54) is 7.11 Å². The summed E-state index contributed by atoms with van der Waals surface area (Å²) >= 11 is 0. The summed E-state index contributed by atoms with van der Waals surface area (Å²) < 4.78 is 4.82. The number of hydrogen-bond donors (Lipinski definition) is 2. The van der Waals surface area contributed by atoms with Crippen LogP contribution in [0, 0.1) is 11.8 Å². The Labute approximate surface area is 152 Å². The number of benzene rings is 1. The predicted molar refractivity (Wildman–Crippen MR) is 96.2 cm³/mol. The van der Waals surface area contributed by atoms with Gasteiger partial charge in [-0.25, -0.2) is 4.79 Å². The number of anilines is 2. The maximum Gasteiger partial charge on any atom is 0.414 e. The summed E-state index contributed by atoms with van der Waals surface area (Å²) in [7, 11) is 1.36. The minimum Gasteiger partial charge on any atom is -0.481 e. The van der Waals surface area contributed by atoms with E-state index in [-0.39, 0.29) is 5.91 Å². The minimum atomic E-state index is -0.899. The highest BCUT2D eigenvalue weighted by Gasteiger charge is 2.35. The van der Waals surface area contributed by atoms with E-state index in [0.29, 0.717) is 25.1 Å². The van der Waals surface area contributed by atoms with Crippen LogP contribution in [0.4, 0.5) is 16.2 Å². The Morgan fingerprint density at radius 1 is 1.15 bits per heavy atom. The molecule has 2 amide bonds. The number of ether oxygens (including phenoxy) is 1. The van der Waals surface area contributed by atoms with Crippen molar-refractivity contribution in [1.82, 2.24) is 0 Å². The standard InChI is InChI=1S/C19H24N2O5/c1-26-19(25)21-10-4-5-12-11-13(8-9-16(12)21)20-17(22)14-6-2-3-7-15(14)18(23)24/h8-9,11,14-15H,2-7,10H2,1H3,(H,20,22)(H,23,24)/t14-,15+/m0/s1. The van der Waals surface area contributed by atoms with Crippen LogP contribution in [0.2, 0.25) is 0 Å². The first-order valence-electron chi connectivity index (χ1n) is 9.03. The molecule has 2 aliphatic rings. The lowest BCUT2D eigenvalue weighted by atomic mass is 9.78. The summed E-state index contributed by atoms with van der Waals surface area (Å²) in [5.74, 6) is -2.25. The van der Waals surface area contributed by atoms with E-state index in [2.05, 4.69) is 5.32 Å². The molecule has 0 aromatic heterocycles. The maximum absolute atomic E-state index is 12.6. The molecule has 0 bridgehead atoms. The van der Waals surface area contributed by atoms with Crippen molar-refractivity contribution in [3.8, 4) is 0 Å². The summed E-state index contributed by atoms with van der Waals surface area (Å²) in [5, 5.41) is 12.2. The molecule has 1 aromatic rings. The predicted octanol–water partition coefficient (Wildman–Crippen LogP) is 3.04. The molecule has 1 heterocycles. The molecule has 140 valence electrons. The normalized spacial score (nSPS) is 22.3. The van der Waals surface area contributed by atoms with Gasteiger partial charge >= 0.3 is 12.1 Å². The Balaban J connectivity index is 1.75. The molecule has 1 aliphatic heterocycles. The molecule has 2 N–H and O–H groups in total. The Morgan fingerprint density at radius 3 is 2.58 bits per heavy atom. The Morgan fingerprint density at radius 2 is 1.88 bits per heavy atom. The van der Waals surface area contributed by atoms with Gasteiger partial charge in [0.15, 0.2) is 0 Å². The van der Waals surface area contributed by atoms with Crippen LogP contribution in [-0.2, 0) is 20.7 Å². The number of nitrogens with one attached hydrogen (secondary N) is 1. The molecule has 0 spiro atoms. The van der Waals surface area contributed by atoms with Crippen LogP contribution >= 0.6 is 0 Å². The van der Waals surface area contributed by atoms with Crippen molar-refractivity contribution in [3.05, 3.63) is 23.8 Å². The van der Waals surface area contributed by atoms with Gasteiger partial charge in [-0.05, 0) is 49.4 Å². The van der Waals surface area contributed by atoms with Crippen LogP contribution in [-0.4, -0.2) is 36.7 Å². The van der Waals surface area contributed by atoms with E-state index in [0.717, 1.165) is 36.9 Å². The molecule has 0 saturated heterocycles. The monoisotopic (exact) mass is 360 g/mol. The third-order valence-corrected chi connectivity index (χ3v) is 5.28. The van der Waals surface area contributed by atoms with E-state index in [1.54, 1.807) is 17.0 Å². The second-order valence-electron chi connectivity index (χ2n) is 6.89. The lowest BCUT2D eigenvalue weighted by Gasteiger charge is -2.29. The van der Waals surface area contributed by atoms with E-state index in [9.17, 15) is 19.5 Å². The molecule has 1 aromatic carbocycles. The molecule has 26 heavy (non-hydrogen) atoms. The molecule has 0 radical (unpaired) electrons. The minimum absolute atomic E-state index is 0.238. The van der Waals surface area contributed by atoms with E-state index in [4.69, 9.17) is 4.74 Å². The lowest BCUT2D eigenvalue weighted by Crippen LogP contribution is -2.36. The average molecular weight is 360 g/mol. The number of nitrogens with zero attached hydrogens (tertiary/aromatic N) is 1. The van der Waals surface area contributed by atoms with Crippen LogP contribution in [0.25, 0.3) is 0 Å². The fourth-order valence-corrected chi connectivity index (χ4v) is 3.95. The summed E-state index contributed by atoms with van der Waals surface area (Å²) in [6, 6.07) is 5.41. The van der Waals surface area contributed by atoms with Crippen LogP contribution in [0.5, 0.6) is 0 Å². The van der Waals surface area contributed by atoms with Gasteiger partial charge in [0.1, 0.15) is 0 Å². The molecule has 1 fully saturated rings. The maximum atomic E-state index is 12.6. The zero-order valence-electron chi connectivity index (χ0n) is 14.9. The number of hydrogen-bond acceptors (Lipinski definition) is 4. The van der Waals surface area contributed by atoms with E-state index < -0.39 is 23.9 Å². The zero-order chi connectivity index (χ0) is 18.7. The summed E-state index contributed by atoms with van der Waals surface area (Å²) in [4.78, 5) is 37.5. The first-order valence-corrected chi connectivity index (χ1v) is 9.03. The van der Waals surface area contributed by atoms with Gasteiger partial charge < -0.3 is 15.2 Å². The first-order chi connectivity index (χ1) is 12.5. The van der Waals surface area contributed by atoms with Crippen molar-refractivity contribution in [2.75, 3.05) is 23.9 Å². The third-order valence-electron chi connectivity index (χ3n) is 5.28. The molecule has 2 atom stereocenters. The van der Waals surface area contributed by atoms with Gasteiger partial charge in [-0.3, -0.25) is 14.5 Å². The number of amides is 2. The topological polar surface area (TPSA) is 95.9 Å². The van der Waals surface area contributed by atoms with Crippen molar-refractivity contribution in [3.63, 3.8) is 0 Å². The number of rotatable bonds is 3. The second kappa shape index (κ2) is 7.76. The summed E-state index contributed by atoms with van der Waals surface area (Å²) in [6.45, 7) is 0.605. The van der Waals surface area contributed by atoms with Gasteiger partial charge in [0.05, 0.1) is 24.6 Å². The zero-order valence-corrected chi connectivity index (χ0v) is 14.9. The van der Waals surface area contributed by atoms with Crippen molar-refractivity contribution in [2.45, 2.75) is 38.5 Å². The largest absolute Gasteiger partial charge is 0.481 e. The fraction of sp³-hybridized carbons (Fsp3) is 0.526. The number of aliphatic carboxylic acids is 1. The van der Waals surface area contributed by atoms with Crippen molar-refractivity contribution < 1.29 is 24.2 Å². The van der Waals surface area contributed by atoms with Crippen molar-refractivity contribution in [2.24, 2.45) is 11.8 Å². The molecular weight excluding hydrogens is 336 g/mol. The molecule has 1 saturated carbocycles. The smallest absolute Gasteiger partial charge is 0.414 e. The number of carboxylic acids is 1. The number of carbonyl (C=O) groups is 3. The van der Waals surface area contributed by atoms with Crippen LogP contribution in [0.3, 0.4) is 0 Å². The molecule has 3 rings (SSSR count). The number of methoxy groups -OCH3 is 1. The van der Waals surface area contributed by atoms with Gasteiger partial charge in [0, 0.05) is 12.2 Å². The summed E-state index contributed by atoms with van der Waals surface area (Å²) in [5.41, 5.74) is 2.40.